The Morgan fingerprint density at radius 2 is 2.42 bits per heavy atom. The summed E-state index contributed by atoms with van der Waals surface area (Å²) in [6, 6.07) is 0. The lowest BCUT2D eigenvalue weighted by Crippen LogP contribution is -2.20. The highest BCUT2D eigenvalue weighted by Crippen LogP contribution is 2.31. The van der Waals surface area contributed by atoms with Gasteiger partial charge in [-0.3, -0.25) is 4.79 Å². The molecule has 2 nitrogen and oxygen atoms in total. The van der Waals surface area contributed by atoms with Gasteiger partial charge in [0.05, 0.1) is 0 Å². The van der Waals surface area contributed by atoms with E-state index in [2.05, 4.69) is 6.92 Å². The molecule has 70 valence electrons. The molecule has 0 saturated carbocycles. The molecule has 1 aliphatic rings. The summed E-state index contributed by atoms with van der Waals surface area (Å²) >= 11 is 1.95. The maximum Gasteiger partial charge on any atom is 0.303 e. The van der Waals surface area contributed by atoms with Gasteiger partial charge in [-0.2, -0.15) is 11.8 Å². The van der Waals surface area contributed by atoms with Crippen molar-refractivity contribution in [2.75, 3.05) is 5.75 Å². The van der Waals surface area contributed by atoms with E-state index in [4.69, 9.17) is 5.11 Å². The van der Waals surface area contributed by atoms with Gasteiger partial charge in [0.15, 0.2) is 0 Å². The zero-order valence-electron chi connectivity index (χ0n) is 7.45. The number of carboxylic acid groups (broad SMARTS) is 1. The normalized spacial score (nSPS) is 26.6. The first-order valence-electron chi connectivity index (χ1n) is 4.53. The monoisotopic (exact) mass is 188 g/mol. The van der Waals surface area contributed by atoms with E-state index in [1.54, 1.807) is 0 Å². The molecule has 1 fully saturated rings. The second-order valence-corrected chi connectivity index (χ2v) is 4.83. The highest BCUT2D eigenvalue weighted by Gasteiger charge is 2.22. The molecule has 0 aromatic heterocycles. The van der Waals surface area contributed by atoms with Gasteiger partial charge in [0.2, 0.25) is 0 Å². The molecule has 1 saturated heterocycles. The Bertz CT molecular complexity index is 153. The summed E-state index contributed by atoms with van der Waals surface area (Å²) in [6.45, 7) is 2.05. The molecular weight excluding hydrogens is 172 g/mol. The van der Waals surface area contributed by atoms with Gasteiger partial charge >= 0.3 is 5.97 Å². The maximum absolute atomic E-state index is 10.4. The van der Waals surface area contributed by atoms with Crippen molar-refractivity contribution in [2.45, 2.75) is 37.9 Å². The summed E-state index contributed by atoms with van der Waals surface area (Å²) in [5.74, 6) is 0.899. The SMILES string of the molecule is CC(CC(=O)O)C1CCCCS1. The van der Waals surface area contributed by atoms with Crippen molar-refractivity contribution in [2.24, 2.45) is 5.92 Å². The van der Waals surface area contributed by atoms with Crippen LogP contribution in [0.2, 0.25) is 0 Å². The molecule has 12 heavy (non-hydrogen) atoms. The average Bonchev–Trinajstić information content (AvgIpc) is 2.05. The molecule has 1 aliphatic heterocycles. The Hall–Kier alpha value is -0.180. The lowest BCUT2D eigenvalue weighted by molar-refractivity contribution is -0.137. The van der Waals surface area contributed by atoms with Crippen LogP contribution < -0.4 is 0 Å². The molecule has 1 heterocycles. The fourth-order valence-electron chi connectivity index (χ4n) is 1.62. The van der Waals surface area contributed by atoms with Gasteiger partial charge in [-0.15, -0.1) is 0 Å². The number of hydrogen-bond acceptors (Lipinski definition) is 2. The van der Waals surface area contributed by atoms with Crippen LogP contribution in [0.25, 0.3) is 0 Å². The van der Waals surface area contributed by atoms with Gasteiger partial charge in [-0.1, -0.05) is 13.3 Å². The molecule has 0 spiro atoms. The van der Waals surface area contributed by atoms with Crippen LogP contribution in [0.1, 0.15) is 32.6 Å². The fourth-order valence-corrected chi connectivity index (χ4v) is 3.05. The molecule has 1 N–H and O–H groups in total. The van der Waals surface area contributed by atoms with Crippen molar-refractivity contribution < 1.29 is 9.90 Å². The summed E-state index contributed by atoms with van der Waals surface area (Å²) in [5.41, 5.74) is 0. The largest absolute Gasteiger partial charge is 0.481 e. The molecule has 1 rings (SSSR count). The van der Waals surface area contributed by atoms with E-state index in [1.807, 2.05) is 11.8 Å². The van der Waals surface area contributed by atoms with E-state index in [9.17, 15) is 4.79 Å². The molecule has 0 amide bonds. The van der Waals surface area contributed by atoms with Gasteiger partial charge in [0.25, 0.3) is 0 Å². The molecule has 0 aromatic carbocycles. The highest BCUT2D eigenvalue weighted by molar-refractivity contribution is 7.99. The first kappa shape index (κ1) is 9.90. The van der Waals surface area contributed by atoms with Crippen molar-refractivity contribution in [3.8, 4) is 0 Å². The van der Waals surface area contributed by atoms with Crippen LogP contribution in [0.5, 0.6) is 0 Å². The van der Waals surface area contributed by atoms with Crippen LogP contribution in [-0.4, -0.2) is 22.1 Å². The Morgan fingerprint density at radius 3 is 2.92 bits per heavy atom. The summed E-state index contributed by atoms with van der Waals surface area (Å²) in [4.78, 5) is 10.4. The minimum atomic E-state index is -0.659. The maximum atomic E-state index is 10.4. The van der Waals surface area contributed by atoms with E-state index in [1.165, 1.54) is 25.0 Å². The van der Waals surface area contributed by atoms with E-state index < -0.39 is 5.97 Å². The van der Waals surface area contributed by atoms with Crippen molar-refractivity contribution in [1.29, 1.82) is 0 Å². The van der Waals surface area contributed by atoms with Gasteiger partial charge < -0.3 is 5.11 Å². The predicted molar refractivity (Wildman–Crippen MR) is 51.5 cm³/mol. The molecular formula is C9H16O2S. The molecule has 0 bridgehead atoms. The minimum Gasteiger partial charge on any atom is -0.481 e. The quantitative estimate of drug-likeness (QED) is 0.739. The summed E-state index contributed by atoms with van der Waals surface area (Å²) < 4.78 is 0. The average molecular weight is 188 g/mol. The Labute approximate surface area is 77.7 Å². The van der Waals surface area contributed by atoms with Crippen LogP contribution in [-0.2, 0) is 4.79 Å². The Kier molecular flexibility index (Phi) is 3.92. The second kappa shape index (κ2) is 4.75. The van der Waals surface area contributed by atoms with Crippen molar-refractivity contribution in [3.63, 3.8) is 0 Å². The van der Waals surface area contributed by atoms with Gasteiger partial charge in [0.1, 0.15) is 0 Å². The Balaban J connectivity index is 2.29. The standard InChI is InChI=1S/C9H16O2S/c1-7(6-9(10)11)8-4-2-3-5-12-8/h7-8H,2-6H2,1H3,(H,10,11). The van der Waals surface area contributed by atoms with Crippen LogP contribution in [0.15, 0.2) is 0 Å². The zero-order valence-corrected chi connectivity index (χ0v) is 8.27. The van der Waals surface area contributed by atoms with Gasteiger partial charge in [-0.05, 0) is 24.5 Å². The fraction of sp³-hybridized carbons (Fsp3) is 0.889. The van der Waals surface area contributed by atoms with Crippen LogP contribution in [0.4, 0.5) is 0 Å². The molecule has 0 radical (unpaired) electrons. The number of thioether (sulfide) groups is 1. The first-order chi connectivity index (χ1) is 5.70. The lowest BCUT2D eigenvalue weighted by Gasteiger charge is -2.25. The second-order valence-electron chi connectivity index (χ2n) is 3.48. The number of hydrogen-bond donors (Lipinski definition) is 1. The minimum absolute atomic E-state index is 0.331. The van der Waals surface area contributed by atoms with E-state index in [0.717, 1.165) is 0 Å². The van der Waals surface area contributed by atoms with E-state index in [-0.39, 0.29) is 0 Å². The summed E-state index contributed by atoms with van der Waals surface area (Å²) in [5, 5.41) is 9.20. The summed E-state index contributed by atoms with van der Waals surface area (Å²) in [6.07, 6.45) is 4.12. The van der Waals surface area contributed by atoms with E-state index in [0.29, 0.717) is 17.6 Å². The molecule has 2 atom stereocenters. The van der Waals surface area contributed by atoms with E-state index >= 15 is 0 Å². The lowest BCUT2D eigenvalue weighted by atomic mass is 9.99. The zero-order chi connectivity index (χ0) is 8.97. The number of carboxylic acids is 1. The molecule has 3 heteroatoms. The van der Waals surface area contributed by atoms with Crippen molar-refractivity contribution in [1.82, 2.24) is 0 Å². The van der Waals surface area contributed by atoms with Crippen LogP contribution in [0.3, 0.4) is 0 Å². The summed E-state index contributed by atoms with van der Waals surface area (Å²) in [7, 11) is 0. The Morgan fingerprint density at radius 1 is 1.67 bits per heavy atom. The van der Waals surface area contributed by atoms with Gasteiger partial charge in [0, 0.05) is 11.7 Å². The third-order valence-electron chi connectivity index (χ3n) is 2.35. The molecule has 2 unspecified atom stereocenters. The first-order valence-corrected chi connectivity index (χ1v) is 5.58. The third-order valence-corrected chi connectivity index (χ3v) is 4.00. The van der Waals surface area contributed by atoms with Crippen molar-refractivity contribution >= 4 is 17.7 Å². The third kappa shape index (κ3) is 3.05. The molecule has 0 aliphatic carbocycles. The molecule has 0 aromatic rings. The number of carbonyl (C=O) groups is 1. The van der Waals surface area contributed by atoms with Gasteiger partial charge in [-0.25, -0.2) is 0 Å². The predicted octanol–water partition coefficient (Wildman–Crippen LogP) is 2.38. The van der Waals surface area contributed by atoms with Crippen LogP contribution >= 0.6 is 11.8 Å². The van der Waals surface area contributed by atoms with Crippen LogP contribution in [0, 0.1) is 5.92 Å². The number of aliphatic carboxylic acids is 1. The van der Waals surface area contributed by atoms with Crippen molar-refractivity contribution in [3.05, 3.63) is 0 Å². The number of rotatable bonds is 3. The highest BCUT2D eigenvalue weighted by atomic mass is 32.2. The smallest absolute Gasteiger partial charge is 0.303 e. The topological polar surface area (TPSA) is 37.3 Å².